The molecule has 9 heteroatoms. The molecule has 0 saturated carbocycles. The van der Waals surface area contributed by atoms with E-state index in [-0.39, 0.29) is 22.9 Å². The van der Waals surface area contributed by atoms with E-state index >= 15 is 0 Å². The number of carbonyl (C=O) groups excluding carboxylic acids is 1. The summed E-state index contributed by atoms with van der Waals surface area (Å²) < 4.78 is 27.5. The molecule has 0 spiro atoms. The molecule has 158 valence electrons. The highest BCUT2D eigenvalue weighted by Crippen LogP contribution is 2.32. The molecule has 8 nitrogen and oxygen atoms in total. The monoisotopic (exact) mass is 437 g/mol. The van der Waals surface area contributed by atoms with Crippen molar-refractivity contribution in [1.82, 2.24) is 0 Å². The Labute approximate surface area is 179 Å². The molecule has 0 atom stereocenters. The predicted molar refractivity (Wildman–Crippen MR) is 117 cm³/mol. The maximum atomic E-state index is 13.0. The van der Waals surface area contributed by atoms with Crippen LogP contribution in [-0.4, -0.2) is 25.8 Å². The molecule has 1 N–H and O–H groups in total. The minimum atomic E-state index is -3.69. The Bertz CT molecular complexity index is 1240. The first-order valence-electron chi connectivity index (χ1n) is 9.58. The largest absolute Gasteiger partial charge is 0.326 e. The Morgan fingerprint density at radius 2 is 1.68 bits per heavy atom. The van der Waals surface area contributed by atoms with Crippen LogP contribution in [0.2, 0.25) is 0 Å². The minimum Gasteiger partial charge on any atom is -0.326 e. The van der Waals surface area contributed by atoms with Crippen molar-refractivity contribution in [2.24, 2.45) is 0 Å². The highest BCUT2D eigenvalue weighted by Gasteiger charge is 2.30. The molecule has 1 aliphatic heterocycles. The van der Waals surface area contributed by atoms with Crippen LogP contribution in [0.15, 0.2) is 77.7 Å². The van der Waals surface area contributed by atoms with Crippen LogP contribution in [0.3, 0.4) is 0 Å². The van der Waals surface area contributed by atoms with E-state index in [1.165, 1.54) is 40.7 Å². The van der Waals surface area contributed by atoms with Gasteiger partial charge < -0.3 is 5.32 Å². The molecule has 3 aromatic rings. The van der Waals surface area contributed by atoms with Gasteiger partial charge in [-0.15, -0.1) is 0 Å². The number of benzene rings is 3. The maximum absolute atomic E-state index is 13.0. The maximum Gasteiger partial charge on any atom is 0.269 e. The molecule has 0 aromatic heterocycles. The van der Waals surface area contributed by atoms with Crippen LogP contribution in [0.4, 0.5) is 17.1 Å². The molecule has 1 amide bonds. The molecule has 0 aliphatic carbocycles. The van der Waals surface area contributed by atoms with E-state index in [1.54, 1.807) is 18.2 Å². The number of carbonyl (C=O) groups is 1. The number of rotatable bonds is 6. The standard InChI is InChI=1S/C22H19N3O5S/c26-22(15-16-5-9-19(10-6-16)25(27)28)23-18-7-11-20(12-8-18)31(29,30)24-14-13-17-3-1-2-4-21(17)24/h1-12H,13-15H2,(H,23,26). The molecule has 0 saturated heterocycles. The van der Waals surface area contributed by atoms with Crippen LogP contribution in [0, 0.1) is 10.1 Å². The number of non-ortho nitro benzene ring substituents is 1. The first kappa shape index (κ1) is 20.5. The second kappa shape index (κ2) is 8.19. The number of hydrogen-bond acceptors (Lipinski definition) is 5. The fraction of sp³-hybridized carbons (Fsp3) is 0.136. The molecule has 1 heterocycles. The van der Waals surface area contributed by atoms with E-state index in [4.69, 9.17) is 0 Å². The predicted octanol–water partition coefficient (Wildman–Crippen LogP) is 3.53. The van der Waals surface area contributed by atoms with Crippen molar-refractivity contribution in [2.45, 2.75) is 17.7 Å². The number of nitro groups is 1. The van der Waals surface area contributed by atoms with Crippen LogP contribution >= 0.6 is 0 Å². The van der Waals surface area contributed by atoms with E-state index < -0.39 is 14.9 Å². The Balaban J connectivity index is 1.43. The van der Waals surface area contributed by atoms with Gasteiger partial charge in [0.2, 0.25) is 5.91 Å². The summed E-state index contributed by atoms with van der Waals surface area (Å²) in [6.45, 7) is 0.398. The van der Waals surface area contributed by atoms with Gasteiger partial charge in [-0.3, -0.25) is 19.2 Å². The molecular formula is C22H19N3O5S. The summed E-state index contributed by atoms with van der Waals surface area (Å²) in [5.41, 5.74) is 2.76. The Morgan fingerprint density at radius 1 is 1.00 bits per heavy atom. The number of hydrogen-bond donors (Lipinski definition) is 1. The smallest absolute Gasteiger partial charge is 0.269 e. The second-order valence-electron chi connectivity index (χ2n) is 7.13. The minimum absolute atomic E-state index is 0.0402. The molecule has 31 heavy (non-hydrogen) atoms. The lowest BCUT2D eigenvalue weighted by Crippen LogP contribution is -2.29. The van der Waals surface area contributed by atoms with Crippen molar-refractivity contribution in [3.05, 3.63) is 94.0 Å². The van der Waals surface area contributed by atoms with Gasteiger partial charge in [-0.05, 0) is 47.9 Å². The zero-order valence-electron chi connectivity index (χ0n) is 16.4. The number of nitro benzene ring substituents is 1. The third kappa shape index (κ3) is 4.26. The molecule has 0 unspecified atom stereocenters. The number of sulfonamides is 1. The number of nitrogens with zero attached hydrogens (tertiary/aromatic N) is 2. The molecule has 0 fully saturated rings. The van der Waals surface area contributed by atoms with Gasteiger partial charge in [-0.2, -0.15) is 0 Å². The summed E-state index contributed by atoms with van der Waals surface area (Å²) >= 11 is 0. The third-order valence-electron chi connectivity index (χ3n) is 5.08. The number of nitrogens with one attached hydrogen (secondary N) is 1. The van der Waals surface area contributed by atoms with Gasteiger partial charge in [0.15, 0.2) is 0 Å². The molecule has 0 radical (unpaired) electrons. The van der Waals surface area contributed by atoms with E-state index in [2.05, 4.69) is 5.32 Å². The Morgan fingerprint density at radius 3 is 2.35 bits per heavy atom. The zero-order valence-corrected chi connectivity index (χ0v) is 17.2. The molecule has 4 rings (SSSR count). The first-order chi connectivity index (χ1) is 14.8. The zero-order chi connectivity index (χ0) is 22.0. The normalized spacial score (nSPS) is 13.0. The van der Waals surface area contributed by atoms with Gasteiger partial charge in [0, 0.05) is 24.4 Å². The quantitative estimate of drug-likeness (QED) is 0.469. The summed E-state index contributed by atoms with van der Waals surface area (Å²) in [6, 6.07) is 19.2. The summed E-state index contributed by atoms with van der Waals surface area (Å²) in [5.74, 6) is -0.307. The topological polar surface area (TPSA) is 110 Å². The van der Waals surface area contributed by atoms with E-state index in [0.29, 0.717) is 29.9 Å². The average Bonchev–Trinajstić information content (AvgIpc) is 3.19. The van der Waals surface area contributed by atoms with Gasteiger partial charge in [0.25, 0.3) is 15.7 Å². The van der Waals surface area contributed by atoms with Crippen molar-refractivity contribution < 1.29 is 18.1 Å². The number of fused-ring (bicyclic) bond motifs is 1. The van der Waals surface area contributed by atoms with Crippen molar-refractivity contribution in [3.63, 3.8) is 0 Å². The van der Waals surface area contributed by atoms with Gasteiger partial charge in [-0.25, -0.2) is 8.42 Å². The summed E-state index contributed by atoms with van der Waals surface area (Å²) in [4.78, 5) is 22.6. The van der Waals surface area contributed by atoms with Gasteiger partial charge in [0.1, 0.15) is 0 Å². The van der Waals surface area contributed by atoms with E-state index in [0.717, 1.165) is 5.56 Å². The van der Waals surface area contributed by atoms with Gasteiger partial charge >= 0.3 is 0 Å². The SMILES string of the molecule is O=C(Cc1ccc([N+](=O)[O-])cc1)Nc1ccc(S(=O)(=O)N2CCc3ccccc32)cc1. The van der Waals surface area contributed by atoms with Crippen molar-refractivity contribution in [2.75, 3.05) is 16.2 Å². The lowest BCUT2D eigenvalue weighted by atomic mass is 10.1. The van der Waals surface area contributed by atoms with Crippen LogP contribution in [0.1, 0.15) is 11.1 Å². The Hall–Kier alpha value is -3.72. The summed E-state index contributed by atoms with van der Waals surface area (Å²) in [7, 11) is -3.69. The van der Waals surface area contributed by atoms with Crippen molar-refractivity contribution >= 4 is 33.0 Å². The van der Waals surface area contributed by atoms with E-state index in [9.17, 15) is 23.3 Å². The number of anilines is 2. The van der Waals surface area contributed by atoms with Gasteiger partial charge in [0.05, 0.1) is 21.9 Å². The van der Waals surface area contributed by atoms with E-state index in [1.807, 2.05) is 18.2 Å². The highest BCUT2D eigenvalue weighted by atomic mass is 32.2. The molecule has 0 bridgehead atoms. The van der Waals surface area contributed by atoms with Crippen molar-refractivity contribution in [3.8, 4) is 0 Å². The fourth-order valence-corrected chi connectivity index (χ4v) is 5.02. The Kier molecular flexibility index (Phi) is 5.43. The number of para-hydroxylation sites is 1. The summed E-state index contributed by atoms with van der Waals surface area (Å²) in [6.07, 6.45) is 0.717. The van der Waals surface area contributed by atoms with Crippen LogP contribution < -0.4 is 9.62 Å². The highest BCUT2D eigenvalue weighted by molar-refractivity contribution is 7.92. The molecular weight excluding hydrogens is 418 g/mol. The fourth-order valence-electron chi connectivity index (χ4n) is 3.52. The number of amides is 1. The lowest BCUT2D eigenvalue weighted by Gasteiger charge is -2.19. The summed E-state index contributed by atoms with van der Waals surface area (Å²) in [5, 5.41) is 13.4. The second-order valence-corrected chi connectivity index (χ2v) is 8.99. The lowest BCUT2D eigenvalue weighted by molar-refractivity contribution is -0.384. The van der Waals surface area contributed by atoms with Crippen molar-refractivity contribution in [1.29, 1.82) is 0 Å². The third-order valence-corrected chi connectivity index (χ3v) is 6.91. The average molecular weight is 437 g/mol. The van der Waals surface area contributed by atoms with Crippen LogP contribution in [0.5, 0.6) is 0 Å². The van der Waals surface area contributed by atoms with Gasteiger partial charge in [-0.1, -0.05) is 30.3 Å². The molecule has 1 aliphatic rings. The van der Waals surface area contributed by atoms with Crippen LogP contribution in [0.25, 0.3) is 0 Å². The molecule has 3 aromatic carbocycles. The first-order valence-corrected chi connectivity index (χ1v) is 11.0. The van der Waals surface area contributed by atoms with Crippen LogP contribution in [-0.2, 0) is 27.7 Å².